The number of nitrogens with one attached hydrogen (secondary N) is 1. The standard InChI is InChI=1S/C34H36FN3O4S/c1-3-24(2)36-34(40)30(22-25-12-5-4-6-13-25)37(23-27-14-7-8-17-28(27)35)32(39)20-11-21-38-29-18-9-15-26-16-10-19-31(33(26)29)43(38,41)42/h4-10,12-19,24,30H,3,11,20-23H2,1-2H3,(H,36,40)/t24-,30+/m0/s1. The fourth-order valence-electron chi connectivity index (χ4n) is 5.52. The number of benzene rings is 4. The van der Waals surface area contributed by atoms with E-state index in [-0.39, 0.29) is 55.1 Å². The van der Waals surface area contributed by atoms with Gasteiger partial charge in [0, 0.05) is 42.9 Å². The fourth-order valence-corrected chi connectivity index (χ4v) is 7.27. The lowest BCUT2D eigenvalue weighted by Gasteiger charge is -2.32. The Kier molecular flexibility index (Phi) is 9.11. The molecule has 4 aromatic rings. The number of sulfonamides is 1. The number of amides is 2. The summed E-state index contributed by atoms with van der Waals surface area (Å²) in [6.45, 7) is 3.86. The van der Waals surface area contributed by atoms with Gasteiger partial charge in [-0.25, -0.2) is 12.8 Å². The Morgan fingerprint density at radius 3 is 2.35 bits per heavy atom. The normalized spacial score (nSPS) is 14.8. The summed E-state index contributed by atoms with van der Waals surface area (Å²) in [5.74, 6) is -1.13. The molecule has 0 bridgehead atoms. The zero-order chi connectivity index (χ0) is 30.6. The Morgan fingerprint density at radius 1 is 0.930 bits per heavy atom. The molecular weight excluding hydrogens is 565 g/mol. The first kappa shape index (κ1) is 30.2. The lowest BCUT2D eigenvalue weighted by Crippen LogP contribution is -2.52. The average molecular weight is 602 g/mol. The Bertz CT molecular complexity index is 1720. The largest absolute Gasteiger partial charge is 0.352 e. The molecule has 1 aliphatic rings. The summed E-state index contributed by atoms with van der Waals surface area (Å²) in [6, 6.07) is 25.3. The maximum absolute atomic E-state index is 14.8. The molecule has 0 spiro atoms. The van der Waals surface area contributed by atoms with Gasteiger partial charge in [-0.2, -0.15) is 0 Å². The van der Waals surface area contributed by atoms with E-state index in [0.29, 0.717) is 23.1 Å². The average Bonchev–Trinajstić information content (AvgIpc) is 3.23. The van der Waals surface area contributed by atoms with E-state index in [2.05, 4.69) is 5.32 Å². The zero-order valence-corrected chi connectivity index (χ0v) is 25.2. The van der Waals surface area contributed by atoms with Gasteiger partial charge in [-0.3, -0.25) is 13.9 Å². The van der Waals surface area contributed by atoms with Crippen LogP contribution in [0.4, 0.5) is 10.1 Å². The van der Waals surface area contributed by atoms with Crippen molar-refractivity contribution in [2.24, 2.45) is 0 Å². The van der Waals surface area contributed by atoms with Crippen molar-refractivity contribution in [3.63, 3.8) is 0 Å². The van der Waals surface area contributed by atoms with Crippen LogP contribution < -0.4 is 9.62 Å². The van der Waals surface area contributed by atoms with Gasteiger partial charge in [-0.15, -0.1) is 0 Å². The van der Waals surface area contributed by atoms with Gasteiger partial charge in [0.15, 0.2) is 0 Å². The minimum absolute atomic E-state index is 0.0192. The zero-order valence-electron chi connectivity index (χ0n) is 24.4. The quantitative estimate of drug-likeness (QED) is 0.222. The van der Waals surface area contributed by atoms with Crippen LogP contribution in [0.1, 0.15) is 44.2 Å². The van der Waals surface area contributed by atoms with Crippen molar-refractivity contribution in [2.45, 2.75) is 63.1 Å². The molecule has 2 atom stereocenters. The molecule has 43 heavy (non-hydrogen) atoms. The van der Waals surface area contributed by atoms with E-state index in [1.807, 2.05) is 62.4 Å². The first-order chi connectivity index (χ1) is 20.7. The highest BCUT2D eigenvalue weighted by Gasteiger charge is 2.36. The Morgan fingerprint density at radius 2 is 1.63 bits per heavy atom. The summed E-state index contributed by atoms with van der Waals surface area (Å²) in [7, 11) is -3.76. The highest BCUT2D eigenvalue weighted by atomic mass is 32.2. The number of nitrogens with zero attached hydrogens (tertiary/aromatic N) is 2. The van der Waals surface area contributed by atoms with Gasteiger partial charge in [0.05, 0.1) is 10.6 Å². The molecule has 1 aliphatic heterocycles. The van der Waals surface area contributed by atoms with Crippen LogP contribution in [0, 0.1) is 5.82 Å². The summed E-state index contributed by atoms with van der Waals surface area (Å²) in [4.78, 5) is 29.3. The third-order valence-corrected chi connectivity index (χ3v) is 9.86. The number of hydrogen-bond acceptors (Lipinski definition) is 4. The Hall–Kier alpha value is -4.24. The number of hydrogen-bond donors (Lipinski definition) is 1. The fraction of sp³-hybridized carbons (Fsp3) is 0.294. The van der Waals surface area contributed by atoms with Crippen LogP contribution in [-0.2, 0) is 32.6 Å². The van der Waals surface area contributed by atoms with Crippen LogP contribution >= 0.6 is 0 Å². The van der Waals surface area contributed by atoms with E-state index in [0.717, 1.165) is 10.9 Å². The van der Waals surface area contributed by atoms with E-state index in [4.69, 9.17) is 0 Å². The number of carbonyl (C=O) groups excluding carboxylic acids is 2. The van der Waals surface area contributed by atoms with E-state index in [1.165, 1.54) is 15.3 Å². The van der Waals surface area contributed by atoms with Crippen LogP contribution in [0.3, 0.4) is 0 Å². The Balaban J connectivity index is 1.41. The molecule has 5 rings (SSSR count). The van der Waals surface area contributed by atoms with Gasteiger partial charge in [0.1, 0.15) is 11.9 Å². The van der Waals surface area contributed by atoms with E-state index in [9.17, 15) is 22.4 Å². The molecule has 0 saturated heterocycles. The summed E-state index contributed by atoms with van der Waals surface area (Å²) < 4.78 is 43.0. The van der Waals surface area contributed by atoms with Crippen molar-refractivity contribution in [1.29, 1.82) is 0 Å². The van der Waals surface area contributed by atoms with Gasteiger partial charge in [-0.1, -0.05) is 79.7 Å². The molecule has 0 radical (unpaired) electrons. The predicted octanol–water partition coefficient (Wildman–Crippen LogP) is 5.82. The monoisotopic (exact) mass is 601 g/mol. The predicted molar refractivity (Wildman–Crippen MR) is 166 cm³/mol. The topological polar surface area (TPSA) is 86.8 Å². The highest BCUT2D eigenvalue weighted by Crippen LogP contribution is 2.42. The summed E-state index contributed by atoms with van der Waals surface area (Å²) >= 11 is 0. The maximum Gasteiger partial charge on any atom is 0.265 e. The van der Waals surface area contributed by atoms with Crippen molar-refractivity contribution >= 4 is 38.3 Å². The first-order valence-electron chi connectivity index (χ1n) is 14.6. The molecular formula is C34H36FN3O4S. The molecule has 1 heterocycles. The van der Waals surface area contributed by atoms with Gasteiger partial charge in [-0.05, 0) is 48.9 Å². The van der Waals surface area contributed by atoms with Crippen molar-refractivity contribution < 1.29 is 22.4 Å². The number of anilines is 1. The molecule has 0 aromatic heterocycles. The number of halogens is 1. The molecule has 0 aliphatic carbocycles. The molecule has 0 saturated carbocycles. The maximum atomic E-state index is 14.8. The summed E-state index contributed by atoms with van der Waals surface area (Å²) in [6.07, 6.45) is 1.17. The van der Waals surface area contributed by atoms with Crippen molar-refractivity contribution in [1.82, 2.24) is 10.2 Å². The molecule has 224 valence electrons. The van der Waals surface area contributed by atoms with Crippen LogP contribution in [-0.4, -0.2) is 43.8 Å². The second-order valence-electron chi connectivity index (χ2n) is 10.9. The van der Waals surface area contributed by atoms with Gasteiger partial charge in [0.2, 0.25) is 11.8 Å². The first-order valence-corrected chi connectivity index (χ1v) is 16.1. The highest BCUT2D eigenvalue weighted by molar-refractivity contribution is 7.93. The summed E-state index contributed by atoms with van der Waals surface area (Å²) in [5, 5.41) is 4.52. The minimum atomic E-state index is -3.76. The van der Waals surface area contributed by atoms with Crippen molar-refractivity contribution in [2.75, 3.05) is 10.8 Å². The van der Waals surface area contributed by atoms with Crippen molar-refractivity contribution in [3.05, 3.63) is 108 Å². The van der Waals surface area contributed by atoms with Crippen LogP contribution in [0.25, 0.3) is 10.8 Å². The molecule has 7 nitrogen and oxygen atoms in total. The van der Waals surface area contributed by atoms with Gasteiger partial charge < -0.3 is 10.2 Å². The lowest BCUT2D eigenvalue weighted by molar-refractivity contribution is -0.141. The Labute approximate surface area is 252 Å². The number of carbonyl (C=O) groups is 2. The van der Waals surface area contributed by atoms with Gasteiger partial charge in [0.25, 0.3) is 10.0 Å². The number of rotatable bonds is 12. The van der Waals surface area contributed by atoms with Crippen molar-refractivity contribution in [3.8, 4) is 0 Å². The van der Waals surface area contributed by atoms with Crippen LogP contribution in [0.2, 0.25) is 0 Å². The third-order valence-electron chi connectivity index (χ3n) is 8.00. The minimum Gasteiger partial charge on any atom is -0.352 e. The van der Waals surface area contributed by atoms with E-state index >= 15 is 0 Å². The summed E-state index contributed by atoms with van der Waals surface area (Å²) in [5.41, 5.74) is 1.76. The molecule has 0 fully saturated rings. The molecule has 1 N–H and O–H groups in total. The molecule has 2 amide bonds. The SMILES string of the molecule is CC[C@H](C)NC(=O)[C@@H](Cc1ccccc1)N(Cc1ccccc1F)C(=O)CCCN1c2cccc3cccc(c23)S1(=O)=O. The van der Waals surface area contributed by atoms with Crippen LogP contribution in [0.5, 0.6) is 0 Å². The van der Waals surface area contributed by atoms with E-state index in [1.54, 1.807) is 36.4 Å². The second-order valence-corrected chi connectivity index (χ2v) is 12.8. The molecule has 9 heteroatoms. The smallest absolute Gasteiger partial charge is 0.265 e. The molecule has 4 aromatic carbocycles. The second kappa shape index (κ2) is 13.0. The lowest BCUT2D eigenvalue weighted by atomic mass is 10.0. The molecule has 0 unspecified atom stereocenters. The third kappa shape index (κ3) is 6.41. The van der Waals surface area contributed by atoms with E-state index < -0.39 is 21.9 Å². The van der Waals surface area contributed by atoms with Crippen LogP contribution in [0.15, 0.2) is 95.9 Å². The van der Waals surface area contributed by atoms with Gasteiger partial charge >= 0.3 is 0 Å².